The molecule has 0 amide bonds. The second kappa shape index (κ2) is 5.25. The van der Waals surface area contributed by atoms with Gasteiger partial charge in [0.1, 0.15) is 0 Å². The SMILES string of the molecule is Cc1nc(CN2CCCc3cc(C(=O)O)ccc32)cs1. The Morgan fingerprint density at radius 1 is 1.50 bits per heavy atom. The quantitative estimate of drug-likeness (QED) is 0.943. The molecule has 2 heterocycles. The molecule has 0 aliphatic carbocycles. The van der Waals surface area contributed by atoms with E-state index in [1.165, 1.54) is 0 Å². The zero-order chi connectivity index (χ0) is 14.1. The number of aromatic nitrogens is 1. The fraction of sp³-hybridized carbons (Fsp3) is 0.333. The van der Waals surface area contributed by atoms with Crippen molar-refractivity contribution in [3.05, 3.63) is 45.4 Å². The van der Waals surface area contributed by atoms with Crippen LogP contribution in [0.15, 0.2) is 23.6 Å². The van der Waals surface area contributed by atoms with Crippen molar-refractivity contribution in [2.24, 2.45) is 0 Å². The van der Waals surface area contributed by atoms with Crippen molar-refractivity contribution in [1.29, 1.82) is 0 Å². The number of anilines is 1. The first-order valence-corrected chi connectivity index (χ1v) is 7.53. The Bertz CT molecular complexity index is 651. The van der Waals surface area contributed by atoms with Crippen LogP contribution < -0.4 is 4.90 Å². The number of carbonyl (C=O) groups is 1. The van der Waals surface area contributed by atoms with Crippen LogP contribution in [0.4, 0.5) is 5.69 Å². The molecular formula is C15H16N2O2S. The van der Waals surface area contributed by atoms with Crippen molar-refractivity contribution >= 4 is 23.0 Å². The Kier molecular flexibility index (Phi) is 3.44. The van der Waals surface area contributed by atoms with Crippen molar-refractivity contribution < 1.29 is 9.90 Å². The van der Waals surface area contributed by atoms with E-state index in [-0.39, 0.29) is 0 Å². The van der Waals surface area contributed by atoms with Gasteiger partial charge in [-0.25, -0.2) is 9.78 Å². The smallest absolute Gasteiger partial charge is 0.335 e. The highest BCUT2D eigenvalue weighted by atomic mass is 32.1. The fourth-order valence-corrected chi connectivity index (χ4v) is 3.25. The van der Waals surface area contributed by atoms with Gasteiger partial charge in [-0.3, -0.25) is 0 Å². The highest BCUT2D eigenvalue weighted by Crippen LogP contribution is 2.29. The van der Waals surface area contributed by atoms with Crippen molar-refractivity contribution in [1.82, 2.24) is 4.98 Å². The maximum atomic E-state index is 11.0. The van der Waals surface area contributed by atoms with Crippen molar-refractivity contribution in [3.8, 4) is 0 Å². The number of aryl methyl sites for hydroxylation is 2. The van der Waals surface area contributed by atoms with Gasteiger partial charge in [0.05, 0.1) is 22.8 Å². The molecule has 1 aromatic heterocycles. The summed E-state index contributed by atoms with van der Waals surface area (Å²) in [4.78, 5) is 17.8. The summed E-state index contributed by atoms with van der Waals surface area (Å²) in [6, 6.07) is 5.42. The Morgan fingerprint density at radius 3 is 3.05 bits per heavy atom. The zero-order valence-electron chi connectivity index (χ0n) is 11.3. The van der Waals surface area contributed by atoms with Gasteiger partial charge in [-0.2, -0.15) is 0 Å². The third kappa shape index (κ3) is 2.54. The summed E-state index contributed by atoms with van der Waals surface area (Å²) in [5.74, 6) is -0.861. The minimum Gasteiger partial charge on any atom is -0.478 e. The standard InChI is InChI=1S/C15H16N2O2S/c1-10-16-13(9-20-10)8-17-6-2-3-11-7-12(15(18)19)4-5-14(11)17/h4-5,7,9H,2-3,6,8H2,1H3,(H,18,19). The lowest BCUT2D eigenvalue weighted by Crippen LogP contribution is -2.29. The lowest BCUT2D eigenvalue weighted by molar-refractivity contribution is 0.0697. The first kappa shape index (κ1) is 13.1. The Labute approximate surface area is 121 Å². The van der Waals surface area contributed by atoms with Gasteiger partial charge in [0.25, 0.3) is 0 Å². The number of nitrogens with zero attached hydrogens (tertiary/aromatic N) is 2. The van der Waals surface area contributed by atoms with Crippen LogP contribution in [0.2, 0.25) is 0 Å². The van der Waals surface area contributed by atoms with Crippen LogP contribution in [0, 0.1) is 6.92 Å². The fourth-order valence-electron chi connectivity index (χ4n) is 2.65. The van der Waals surface area contributed by atoms with Gasteiger partial charge in [0.2, 0.25) is 0 Å². The summed E-state index contributed by atoms with van der Waals surface area (Å²) in [7, 11) is 0. The van der Waals surface area contributed by atoms with E-state index in [0.717, 1.165) is 47.9 Å². The van der Waals surface area contributed by atoms with Crippen LogP contribution >= 0.6 is 11.3 Å². The minimum absolute atomic E-state index is 0.370. The topological polar surface area (TPSA) is 53.4 Å². The number of aromatic carboxylic acids is 1. The molecule has 1 N–H and O–H groups in total. The lowest BCUT2D eigenvalue weighted by Gasteiger charge is -2.31. The molecule has 4 nitrogen and oxygen atoms in total. The lowest BCUT2D eigenvalue weighted by atomic mass is 9.99. The predicted octanol–water partition coefficient (Wildman–Crippen LogP) is 3.10. The first-order valence-electron chi connectivity index (χ1n) is 6.65. The monoisotopic (exact) mass is 288 g/mol. The largest absolute Gasteiger partial charge is 0.478 e. The Morgan fingerprint density at radius 2 is 2.35 bits per heavy atom. The summed E-state index contributed by atoms with van der Waals surface area (Å²) >= 11 is 1.67. The number of carboxylic acid groups (broad SMARTS) is 1. The number of benzene rings is 1. The van der Waals surface area contributed by atoms with Crippen LogP contribution in [0.25, 0.3) is 0 Å². The minimum atomic E-state index is -0.861. The van der Waals surface area contributed by atoms with E-state index in [0.29, 0.717) is 5.56 Å². The molecule has 0 saturated carbocycles. The molecule has 0 fully saturated rings. The molecule has 1 aliphatic heterocycles. The molecule has 1 aromatic carbocycles. The average molecular weight is 288 g/mol. The van der Waals surface area contributed by atoms with Gasteiger partial charge in [-0.05, 0) is 43.5 Å². The molecule has 0 saturated heterocycles. The Balaban J connectivity index is 1.88. The molecule has 0 atom stereocenters. The number of hydrogen-bond acceptors (Lipinski definition) is 4. The number of hydrogen-bond donors (Lipinski definition) is 1. The van der Waals surface area contributed by atoms with E-state index in [1.54, 1.807) is 23.5 Å². The van der Waals surface area contributed by atoms with Crippen LogP contribution in [0.1, 0.15) is 33.0 Å². The van der Waals surface area contributed by atoms with Crippen LogP contribution in [-0.2, 0) is 13.0 Å². The molecule has 1 aliphatic rings. The van der Waals surface area contributed by atoms with Gasteiger partial charge in [-0.1, -0.05) is 0 Å². The maximum Gasteiger partial charge on any atom is 0.335 e. The zero-order valence-corrected chi connectivity index (χ0v) is 12.1. The van der Waals surface area contributed by atoms with Gasteiger partial charge >= 0.3 is 5.97 Å². The Hall–Kier alpha value is -1.88. The van der Waals surface area contributed by atoms with Crippen molar-refractivity contribution in [2.45, 2.75) is 26.3 Å². The van der Waals surface area contributed by atoms with Gasteiger partial charge < -0.3 is 10.0 Å². The van der Waals surface area contributed by atoms with Gasteiger partial charge in [-0.15, -0.1) is 11.3 Å². The van der Waals surface area contributed by atoms with E-state index in [1.807, 2.05) is 13.0 Å². The summed E-state index contributed by atoms with van der Waals surface area (Å²) in [5, 5.41) is 12.2. The first-order chi connectivity index (χ1) is 9.63. The average Bonchev–Trinajstić information content (AvgIpc) is 2.84. The van der Waals surface area contributed by atoms with Crippen LogP contribution in [0.5, 0.6) is 0 Å². The van der Waals surface area contributed by atoms with Gasteiger partial charge in [0.15, 0.2) is 0 Å². The van der Waals surface area contributed by atoms with E-state index in [9.17, 15) is 4.79 Å². The number of carboxylic acids is 1. The summed E-state index contributed by atoms with van der Waals surface area (Å²) in [6.45, 7) is 3.80. The molecule has 5 heteroatoms. The third-order valence-corrected chi connectivity index (χ3v) is 4.38. The summed E-state index contributed by atoms with van der Waals surface area (Å²) in [5.41, 5.74) is 3.73. The number of rotatable bonds is 3. The third-order valence-electron chi connectivity index (χ3n) is 3.56. The highest BCUT2D eigenvalue weighted by Gasteiger charge is 2.19. The molecule has 20 heavy (non-hydrogen) atoms. The van der Waals surface area contributed by atoms with E-state index < -0.39 is 5.97 Å². The molecule has 0 unspecified atom stereocenters. The molecule has 2 aromatic rings. The second-order valence-electron chi connectivity index (χ2n) is 5.03. The summed E-state index contributed by atoms with van der Waals surface area (Å²) in [6.07, 6.45) is 2.00. The van der Waals surface area contributed by atoms with Crippen molar-refractivity contribution in [3.63, 3.8) is 0 Å². The number of fused-ring (bicyclic) bond motifs is 1. The van der Waals surface area contributed by atoms with Gasteiger partial charge in [0, 0.05) is 17.6 Å². The molecule has 104 valence electrons. The normalized spacial score (nSPS) is 14.2. The molecule has 0 radical (unpaired) electrons. The van der Waals surface area contributed by atoms with E-state index in [4.69, 9.17) is 5.11 Å². The number of thiazole rings is 1. The van der Waals surface area contributed by atoms with E-state index in [2.05, 4.69) is 15.3 Å². The molecule has 3 rings (SSSR count). The van der Waals surface area contributed by atoms with Crippen LogP contribution in [-0.4, -0.2) is 22.6 Å². The van der Waals surface area contributed by atoms with E-state index >= 15 is 0 Å². The highest BCUT2D eigenvalue weighted by molar-refractivity contribution is 7.09. The van der Waals surface area contributed by atoms with Crippen molar-refractivity contribution in [2.75, 3.05) is 11.4 Å². The second-order valence-corrected chi connectivity index (χ2v) is 6.09. The molecule has 0 spiro atoms. The summed E-state index contributed by atoms with van der Waals surface area (Å²) < 4.78 is 0. The van der Waals surface area contributed by atoms with Crippen LogP contribution in [0.3, 0.4) is 0 Å². The molecular weight excluding hydrogens is 272 g/mol. The molecule has 0 bridgehead atoms. The predicted molar refractivity (Wildman–Crippen MR) is 79.6 cm³/mol. The maximum absolute atomic E-state index is 11.0.